The van der Waals surface area contributed by atoms with Gasteiger partial charge in [-0.3, -0.25) is 9.59 Å². The molecule has 5 rings (SSSR count). The van der Waals surface area contributed by atoms with E-state index in [1.54, 1.807) is 12.1 Å². The van der Waals surface area contributed by atoms with Gasteiger partial charge in [-0.2, -0.15) is 0 Å². The number of nitrogens with one attached hydrogen (secondary N) is 1. The number of hydrogen-bond acceptors (Lipinski definition) is 6. The highest BCUT2D eigenvalue weighted by atomic mass is 79.9. The summed E-state index contributed by atoms with van der Waals surface area (Å²) in [7, 11) is 0. The quantitative estimate of drug-likeness (QED) is 0.320. The van der Waals surface area contributed by atoms with Crippen LogP contribution in [0.25, 0.3) is 22.2 Å². The summed E-state index contributed by atoms with van der Waals surface area (Å²) in [5.41, 5.74) is 2.75. The summed E-state index contributed by atoms with van der Waals surface area (Å²) in [6.07, 6.45) is 1.47. The zero-order chi connectivity index (χ0) is 24.7. The van der Waals surface area contributed by atoms with Crippen LogP contribution in [0.2, 0.25) is 5.02 Å². The average molecular weight is 559 g/mol. The number of aromatic nitrogens is 2. The smallest absolute Gasteiger partial charge is 0.322 e. The molecule has 11 heteroatoms. The van der Waals surface area contributed by atoms with Crippen LogP contribution in [0.3, 0.4) is 0 Å². The van der Waals surface area contributed by atoms with E-state index in [-0.39, 0.29) is 18.2 Å². The number of amides is 1. The van der Waals surface area contributed by atoms with E-state index < -0.39 is 18.4 Å². The molecule has 1 aliphatic rings. The maximum atomic E-state index is 12.5. The van der Waals surface area contributed by atoms with Crippen molar-refractivity contribution in [2.45, 2.75) is 6.54 Å². The van der Waals surface area contributed by atoms with Crippen LogP contribution in [0.5, 0.6) is 17.2 Å². The molecule has 2 aromatic heterocycles. The van der Waals surface area contributed by atoms with Crippen LogP contribution in [-0.2, 0) is 11.3 Å². The van der Waals surface area contributed by atoms with Crippen LogP contribution in [0.4, 0.5) is 0 Å². The molecule has 1 aliphatic heterocycles. The molecule has 0 saturated carbocycles. The molecule has 3 N–H and O–H groups in total. The summed E-state index contributed by atoms with van der Waals surface area (Å²) in [4.78, 5) is 27.4. The van der Waals surface area contributed by atoms with E-state index in [4.69, 9.17) is 26.2 Å². The molecule has 178 valence electrons. The van der Waals surface area contributed by atoms with Crippen molar-refractivity contribution in [1.82, 2.24) is 14.9 Å². The highest BCUT2D eigenvalue weighted by Gasteiger charge is 2.25. The van der Waals surface area contributed by atoms with Gasteiger partial charge in [-0.15, -0.1) is 0 Å². The van der Waals surface area contributed by atoms with E-state index in [0.29, 0.717) is 38.4 Å². The summed E-state index contributed by atoms with van der Waals surface area (Å²) in [5.74, 6) is -1.06. The van der Waals surface area contributed by atoms with Crippen molar-refractivity contribution >= 4 is 50.3 Å². The molecule has 0 aliphatic carbocycles. The van der Waals surface area contributed by atoms with Gasteiger partial charge in [-0.05, 0) is 51.3 Å². The highest BCUT2D eigenvalue weighted by Crippen LogP contribution is 2.43. The third-order valence-electron chi connectivity index (χ3n) is 5.53. The molecule has 0 unspecified atom stereocenters. The normalized spacial score (nSPS) is 12.2. The number of hydrogen-bond donors (Lipinski definition) is 3. The first-order valence-electron chi connectivity index (χ1n) is 10.4. The molecular weight excluding hydrogens is 542 g/mol. The predicted octanol–water partition coefficient (Wildman–Crippen LogP) is 4.42. The van der Waals surface area contributed by atoms with Gasteiger partial charge in [0.1, 0.15) is 6.54 Å². The minimum absolute atomic E-state index is 0.164. The molecule has 4 aromatic rings. The lowest BCUT2D eigenvalue weighted by atomic mass is 10.1. The van der Waals surface area contributed by atoms with Crippen molar-refractivity contribution in [2.24, 2.45) is 0 Å². The number of ether oxygens (including phenoxy) is 2. The third kappa shape index (κ3) is 4.26. The lowest BCUT2D eigenvalue weighted by Gasteiger charge is -2.12. The molecular formula is C24H17BrClN3O6. The predicted molar refractivity (Wildman–Crippen MR) is 131 cm³/mol. The topological polar surface area (TPSA) is 123 Å². The van der Waals surface area contributed by atoms with Gasteiger partial charge in [0, 0.05) is 11.6 Å². The molecule has 0 atom stereocenters. The Hall–Kier alpha value is -3.76. The first-order chi connectivity index (χ1) is 16.8. The second-order valence-electron chi connectivity index (χ2n) is 7.74. The summed E-state index contributed by atoms with van der Waals surface area (Å²) in [6, 6.07) is 12.9. The Kier molecular flexibility index (Phi) is 6.00. The van der Waals surface area contributed by atoms with Gasteiger partial charge >= 0.3 is 5.97 Å². The Bertz CT molecular complexity index is 1490. The fraction of sp³-hybridized carbons (Fsp3) is 0.125. The SMILES string of the molecule is O=C(O)CNC(=O)c1ncc2c(c1O)c(Br)c(-c1ccc(Cl)cc1)n2Cc1ccc2c(c1)OCO2. The van der Waals surface area contributed by atoms with Crippen molar-refractivity contribution in [3.05, 3.63) is 69.4 Å². The summed E-state index contributed by atoms with van der Waals surface area (Å²) in [6.45, 7) is -0.0417. The van der Waals surface area contributed by atoms with E-state index in [2.05, 4.69) is 26.2 Å². The lowest BCUT2D eigenvalue weighted by molar-refractivity contribution is -0.135. The number of carboxylic acids is 1. The molecule has 35 heavy (non-hydrogen) atoms. The number of halogens is 2. The maximum absolute atomic E-state index is 12.5. The Morgan fingerprint density at radius 1 is 1.14 bits per heavy atom. The Balaban J connectivity index is 1.67. The fourth-order valence-corrected chi connectivity index (χ4v) is 4.91. The third-order valence-corrected chi connectivity index (χ3v) is 6.56. The second kappa shape index (κ2) is 9.12. The Morgan fingerprint density at radius 2 is 1.89 bits per heavy atom. The van der Waals surface area contributed by atoms with Gasteiger partial charge in [0.2, 0.25) is 6.79 Å². The zero-order valence-corrected chi connectivity index (χ0v) is 20.3. The summed E-state index contributed by atoms with van der Waals surface area (Å²) >= 11 is 9.70. The number of nitrogens with zero attached hydrogens (tertiary/aromatic N) is 2. The number of carbonyl (C=O) groups is 2. The molecule has 9 nitrogen and oxygen atoms in total. The second-order valence-corrected chi connectivity index (χ2v) is 8.96. The molecule has 0 radical (unpaired) electrons. The first kappa shape index (κ1) is 23.0. The van der Waals surface area contributed by atoms with Crippen LogP contribution >= 0.6 is 27.5 Å². The van der Waals surface area contributed by atoms with Crippen molar-refractivity contribution in [3.63, 3.8) is 0 Å². The standard InChI is InChI=1S/C24H17BrClN3O6/c25-20-19-15(8-27-21(23(19)32)24(33)28-9-18(30)31)29(22(20)13-2-4-14(26)5-3-13)10-12-1-6-16-17(7-12)35-11-34-16/h1-8,32H,9-11H2,(H,28,33)(H,30,31). The Morgan fingerprint density at radius 3 is 2.63 bits per heavy atom. The number of carbonyl (C=O) groups excluding carboxylic acids is 1. The van der Waals surface area contributed by atoms with E-state index in [1.165, 1.54) is 6.20 Å². The minimum Gasteiger partial charge on any atom is -0.505 e. The maximum Gasteiger partial charge on any atom is 0.322 e. The lowest BCUT2D eigenvalue weighted by Crippen LogP contribution is -2.29. The van der Waals surface area contributed by atoms with Gasteiger partial charge < -0.3 is 29.6 Å². The number of aliphatic carboxylic acids is 1. The number of rotatable bonds is 6. The van der Waals surface area contributed by atoms with E-state index in [0.717, 1.165) is 16.8 Å². The van der Waals surface area contributed by atoms with Crippen molar-refractivity contribution in [1.29, 1.82) is 0 Å². The van der Waals surface area contributed by atoms with Crippen LogP contribution in [-0.4, -0.2) is 45.0 Å². The molecule has 1 amide bonds. The Labute approximate surface area is 212 Å². The van der Waals surface area contributed by atoms with E-state index in [9.17, 15) is 14.7 Å². The number of fused-ring (bicyclic) bond motifs is 2. The zero-order valence-electron chi connectivity index (χ0n) is 17.9. The van der Waals surface area contributed by atoms with Gasteiger partial charge in [-0.1, -0.05) is 29.8 Å². The van der Waals surface area contributed by atoms with Crippen LogP contribution < -0.4 is 14.8 Å². The summed E-state index contributed by atoms with van der Waals surface area (Å²) in [5, 5.41) is 23.0. The number of benzene rings is 2. The molecule has 3 heterocycles. The van der Waals surface area contributed by atoms with Crippen molar-refractivity contribution in [2.75, 3.05) is 13.3 Å². The molecule has 0 saturated heterocycles. The van der Waals surface area contributed by atoms with Gasteiger partial charge in [0.25, 0.3) is 5.91 Å². The van der Waals surface area contributed by atoms with Gasteiger partial charge in [0.05, 0.1) is 27.3 Å². The average Bonchev–Trinajstić information content (AvgIpc) is 3.41. The van der Waals surface area contributed by atoms with Gasteiger partial charge in [-0.25, -0.2) is 4.98 Å². The van der Waals surface area contributed by atoms with Crippen molar-refractivity contribution in [3.8, 4) is 28.5 Å². The molecule has 0 bridgehead atoms. The van der Waals surface area contributed by atoms with Crippen LogP contribution in [0.15, 0.2) is 53.1 Å². The first-order valence-corrected chi connectivity index (χ1v) is 11.5. The molecule has 0 fully saturated rings. The van der Waals surface area contributed by atoms with Crippen molar-refractivity contribution < 1.29 is 29.3 Å². The number of carboxylic acid groups (broad SMARTS) is 1. The van der Waals surface area contributed by atoms with E-state index >= 15 is 0 Å². The fourth-order valence-electron chi connectivity index (χ4n) is 3.95. The summed E-state index contributed by atoms with van der Waals surface area (Å²) < 4.78 is 13.4. The largest absolute Gasteiger partial charge is 0.505 e. The monoisotopic (exact) mass is 557 g/mol. The number of pyridine rings is 1. The van der Waals surface area contributed by atoms with Gasteiger partial charge in [0.15, 0.2) is 22.9 Å². The van der Waals surface area contributed by atoms with E-state index in [1.807, 2.05) is 34.9 Å². The molecule has 0 spiro atoms. The minimum atomic E-state index is -1.21. The molecule has 2 aromatic carbocycles. The van der Waals surface area contributed by atoms with Crippen LogP contribution in [0, 0.1) is 0 Å². The number of aromatic hydroxyl groups is 1. The highest BCUT2D eigenvalue weighted by molar-refractivity contribution is 9.10. The van der Waals surface area contributed by atoms with Crippen LogP contribution in [0.1, 0.15) is 16.1 Å².